The van der Waals surface area contributed by atoms with Crippen LogP contribution in [0, 0.1) is 11.6 Å². The third kappa shape index (κ3) is 3.81. The summed E-state index contributed by atoms with van der Waals surface area (Å²) in [5, 5.41) is 6.68. The number of hydrogen-bond donors (Lipinski definition) is 1. The second kappa shape index (κ2) is 7.19. The molecule has 5 nitrogen and oxygen atoms in total. The van der Waals surface area contributed by atoms with Crippen molar-refractivity contribution < 1.29 is 22.8 Å². The largest absolute Gasteiger partial charge is 0.482 e. The number of carbonyl (C=O) groups excluding carboxylic acids is 1. The van der Waals surface area contributed by atoms with Crippen LogP contribution in [0.25, 0.3) is 0 Å². The summed E-state index contributed by atoms with van der Waals surface area (Å²) in [5.74, 6) is -1.68. The quantitative estimate of drug-likeness (QED) is 0.747. The van der Waals surface area contributed by atoms with E-state index in [2.05, 4.69) is 22.6 Å². The Morgan fingerprint density at radius 1 is 1.15 bits per heavy atom. The zero-order valence-corrected chi connectivity index (χ0v) is 14.2. The van der Waals surface area contributed by atoms with Crippen LogP contribution in [0.5, 0.6) is 5.75 Å². The molecule has 1 N–H and O–H groups in total. The SMILES string of the molecule is O=C(NC1Cc2ccccc2C1)c1cc(COc2ccc(F)cc2F)on1. The normalized spacial score (nSPS) is 13.4. The van der Waals surface area contributed by atoms with Crippen molar-refractivity contribution in [2.24, 2.45) is 0 Å². The van der Waals surface area contributed by atoms with Gasteiger partial charge in [-0.1, -0.05) is 29.4 Å². The summed E-state index contributed by atoms with van der Waals surface area (Å²) in [7, 11) is 0. The van der Waals surface area contributed by atoms with Gasteiger partial charge in [-0.15, -0.1) is 0 Å². The van der Waals surface area contributed by atoms with Crippen LogP contribution in [0.1, 0.15) is 27.4 Å². The van der Waals surface area contributed by atoms with Gasteiger partial charge < -0.3 is 14.6 Å². The van der Waals surface area contributed by atoms with Crippen molar-refractivity contribution in [3.8, 4) is 5.75 Å². The highest BCUT2D eigenvalue weighted by Crippen LogP contribution is 2.22. The summed E-state index contributed by atoms with van der Waals surface area (Å²) in [6, 6.07) is 12.5. The van der Waals surface area contributed by atoms with Gasteiger partial charge in [-0.05, 0) is 36.1 Å². The number of fused-ring (bicyclic) bond motifs is 1. The Balaban J connectivity index is 1.34. The van der Waals surface area contributed by atoms with Gasteiger partial charge in [-0.3, -0.25) is 4.79 Å². The maximum atomic E-state index is 13.6. The van der Waals surface area contributed by atoms with Crippen LogP contribution in [-0.2, 0) is 19.4 Å². The number of nitrogens with one attached hydrogen (secondary N) is 1. The van der Waals surface area contributed by atoms with Crippen LogP contribution >= 0.6 is 0 Å². The maximum absolute atomic E-state index is 13.6. The van der Waals surface area contributed by atoms with E-state index in [1.54, 1.807) is 0 Å². The molecule has 0 saturated carbocycles. The Hall–Kier alpha value is -3.22. The van der Waals surface area contributed by atoms with Crippen LogP contribution in [-0.4, -0.2) is 17.1 Å². The molecule has 1 aromatic heterocycles. The molecule has 1 aliphatic carbocycles. The van der Waals surface area contributed by atoms with E-state index in [1.807, 2.05) is 12.1 Å². The fourth-order valence-electron chi connectivity index (χ4n) is 3.15. The Morgan fingerprint density at radius 3 is 2.59 bits per heavy atom. The van der Waals surface area contributed by atoms with Crippen molar-refractivity contribution >= 4 is 5.91 Å². The molecule has 0 fully saturated rings. The standard InChI is InChI=1S/C20H16F2N2O3/c21-14-5-6-19(17(22)9-14)26-11-16-10-18(24-27-16)20(25)23-15-7-12-3-1-2-4-13(12)8-15/h1-6,9-10,15H,7-8,11H2,(H,23,25). The predicted octanol–water partition coefficient (Wildman–Crippen LogP) is 3.43. The van der Waals surface area contributed by atoms with E-state index in [-0.39, 0.29) is 35.8 Å². The summed E-state index contributed by atoms with van der Waals surface area (Å²) in [5.41, 5.74) is 2.60. The summed E-state index contributed by atoms with van der Waals surface area (Å²) < 4.78 is 36.7. The smallest absolute Gasteiger partial charge is 0.273 e. The molecule has 0 bridgehead atoms. The number of amides is 1. The molecule has 0 saturated heterocycles. The third-order valence-corrected chi connectivity index (χ3v) is 4.44. The number of rotatable bonds is 5. The molecule has 1 heterocycles. The molecule has 3 aromatic rings. The molecule has 0 spiro atoms. The molecule has 138 valence electrons. The minimum atomic E-state index is -0.812. The van der Waals surface area contributed by atoms with E-state index in [1.165, 1.54) is 23.3 Å². The number of carbonyl (C=O) groups is 1. The Kier molecular flexibility index (Phi) is 4.58. The van der Waals surface area contributed by atoms with E-state index in [4.69, 9.17) is 9.26 Å². The predicted molar refractivity (Wildman–Crippen MR) is 92.3 cm³/mol. The summed E-state index contributed by atoms with van der Waals surface area (Å²) in [6.45, 7) is -0.127. The first-order valence-corrected chi connectivity index (χ1v) is 8.49. The molecule has 4 rings (SSSR count). The van der Waals surface area contributed by atoms with Crippen LogP contribution in [0.3, 0.4) is 0 Å². The minimum Gasteiger partial charge on any atom is -0.482 e. The van der Waals surface area contributed by atoms with Gasteiger partial charge in [-0.2, -0.15) is 0 Å². The van der Waals surface area contributed by atoms with Gasteiger partial charge in [0.2, 0.25) is 0 Å². The molecule has 1 amide bonds. The molecule has 0 atom stereocenters. The Bertz CT molecular complexity index is 962. The molecule has 0 radical (unpaired) electrons. The number of nitrogens with zero attached hydrogens (tertiary/aromatic N) is 1. The molecule has 7 heteroatoms. The highest BCUT2D eigenvalue weighted by molar-refractivity contribution is 5.92. The highest BCUT2D eigenvalue weighted by Gasteiger charge is 2.24. The fraction of sp³-hybridized carbons (Fsp3) is 0.200. The molecular formula is C20H16F2N2O3. The van der Waals surface area contributed by atoms with Crippen molar-refractivity contribution in [1.29, 1.82) is 0 Å². The summed E-state index contributed by atoms with van der Waals surface area (Å²) in [6.07, 6.45) is 1.55. The van der Waals surface area contributed by atoms with Gasteiger partial charge >= 0.3 is 0 Å². The number of ether oxygens (including phenoxy) is 1. The first-order chi connectivity index (χ1) is 13.1. The zero-order valence-electron chi connectivity index (χ0n) is 14.2. The van der Waals surface area contributed by atoms with Crippen molar-refractivity contribution in [2.45, 2.75) is 25.5 Å². The van der Waals surface area contributed by atoms with Gasteiger partial charge in [0, 0.05) is 18.2 Å². The van der Waals surface area contributed by atoms with E-state index in [9.17, 15) is 13.6 Å². The number of benzene rings is 2. The number of halogens is 2. The molecule has 2 aromatic carbocycles. The molecule has 0 aliphatic heterocycles. The maximum Gasteiger partial charge on any atom is 0.273 e. The molecule has 1 aliphatic rings. The van der Waals surface area contributed by atoms with Gasteiger partial charge in [-0.25, -0.2) is 8.78 Å². The number of hydrogen-bond acceptors (Lipinski definition) is 4. The van der Waals surface area contributed by atoms with Crippen molar-refractivity contribution in [2.75, 3.05) is 0 Å². The third-order valence-electron chi connectivity index (χ3n) is 4.44. The summed E-state index contributed by atoms with van der Waals surface area (Å²) >= 11 is 0. The van der Waals surface area contributed by atoms with Gasteiger partial charge in [0.15, 0.2) is 23.0 Å². The van der Waals surface area contributed by atoms with Crippen LogP contribution in [0.15, 0.2) is 53.1 Å². The topological polar surface area (TPSA) is 64.4 Å². The van der Waals surface area contributed by atoms with E-state index >= 15 is 0 Å². The van der Waals surface area contributed by atoms with Gasteiger partial charge in [0.1, 0.15) is 12.4 Å². The van der Waals surface area contributed by atoms with E-state index in [0.29, 0.717) is 0 Å². The lowest BCUT2D eigenvalue weighted by molar-refractivity contribution is 0.0929. The highest BCUT2D eigenvalue weighted by atomic mass is 19.1. The van der Waals surface area contributed by atoms with Crippen LogP contribution < -0.4 is 10.1 Å². The lowest BCUT2D eigenvalue weighted by atomic mass is 10.1. The lowest BCUT2D eigenvalue weighted by Crippen LogP contribution is -2.35. The van der Waals surface area contributed by atoms with Gasteiger partial charge in [0.05, 0.1) is 0 Å². The first kappa shape index (κ1) is 17.2. The molecule has 27 heavy (non-hydrogen) atoms. The monoisotopic (exact) mass is 370 g/mol. The molecule has 0 unspecified atom stereocenters. The Morgan fingerprint density at radius 2 is 1.89 bits per heavy atom. The fourth-order valence-corrected chi connectivity index (χ4v) is 3.15. The van der Waals surface area contributed by atoms with Crippen LogP contribution in [0.4, 0.5) is 8.78 Å². The lowest BCUT2D eigenvalue weighted by Gasteiger charge is -2.10. The minimum absolute atomic E-state index is 0.0135. The van der Waals surface area contributed by atoms with Crippen molar-refractivity contribution in [3.63, 3.8) is 0 Å². The average Bonchev–Trinajstić information content (AvgIpc) is 3.27. The van der Waals surface area contributed by atoms with Crippen molar-refractivity contribution in [1.82, 2.24) is 10.5 Å². The first-order valence-electron chi connectivity index (χ1n) is 8.49. The van der Waals surface area contributed by atoms with Crippen LogP contribution in [0.2, 0.25) is 0 Å². The van der Waals surface area contributed by atoms with E-state index < -0.39 is 11.6 Å². The Labute approximate surface area is 153 Å². The zero-order chi connectivity index (χ0) is 18.8. The molecular weight excluding hydrogens is 354 g/mol. The summed E-state index contributed by atoms with van der Waals surface area (Å²) in [4.78, 5) is 12.4. The van der Waals surface area contributed by atoms with Crippen molar-refractivity contribution in [3.05, 3.63) is 82.7 Å². The van der Waals surface area contributed by atoms with Gasteiger partial charge in [0.25, 0.3) is 5.91 Å². The average molecular weight is 370 g/mol. The second-order valence-corrected chi connectivity index (χ2v) is 6.39. The second-order valence-electron chi connectivity index (χ2n) is 6.39. The van der Waals surface area contributed by atoms with E-state index in [0.717, 1.165) is 25.0 Å². The number of aromatic nitrogens is 1.